The number of thiocarbonyl (C=S) groups is 1. The predicted octanol–water partition coefficient (Wildman–Crippen LogP) is 2.34. The second-order valence-electron chi connectivity index (χ2n) is 4.05. The number of rotatable bonds is 5. The molecule has 0 spiro atoms. The lowest BCUT2D eigenvalue weighted by Gasteiger charge is -2.27. The molecule has 4 heteroatoms. The molecule has 0 unspecified atom stereocenters. The first-order valence-corrected chi connectivity index (χ1v) is 5.99. The molecule has 1 aromatic rings. The first kappa shape index (κ1) is 12.9. The van der Waals surface area contributed by atoms with Crippen LogP contribution >= 0.6 is 12.2 Å². The summed E-state index contributed by atoms with van der Waals surface area (Å²) in [6.45, 7) is 7.47. The van der Waals surface area contributed by atoms with E-state index in [-0.39, 0.29) is 0 Å². The van der Waals surface area contributed by atoms with Crippen LogP contribution in [0.3, 0.4) is 0 Å². The third kappa shape index (κ3) is 3.17. The predicted molar refractivity (Wildman–Crippen MR) is 72.9 cm³/mol. The zero-order chi connectivity index (χ0) is 12.1. The summed E-state index contributed by atoms with van der Waals surface area (Å²) in [5.41, 5.74) is 6.49. The van der Waals surface area contributed by atoms with E-state index in [9.17, 15) is 0 Å². The molecule has 0 aliphatic heterocycles. The largest absolute Gasteiger partial charge is 0.389 e. The molecule has 0 saturated carbocycles. The van der Waals surface area contributed by atoms with Crippen molar-refractivity contribution in [1.82, 2.24) is 4.98 Å². The second-order valence-corrected chi connectivity index (χ2v) is 4.49. The van der Waals surface area contributed by atoms with E-state index in [2.05, 4.69) is 30.7 Å². The molecule has 3 nitrogen and oxygen atoms in total. The molecule has 2 N–H and O–H groups in total. The molecule has 0 aliphatic rings. The van der Waals surface area contributed by atoms with Gasteiger partial charge in [0, 0.05) is 24.3 Å². The fourth-order valence-corrected chi connectivity index (χ4v) is 1.73. The van der Waals surface area contributed by atoms with Crippen LogP contribution in [0.15, 0.2) is 18.3 Å². The zero-order valence-corrected chi connectivity index (χ0v) is 10.9. The van der Waals surface area contributed by atoms with E-state index in [1.165, 1.54) is 0 Å². The summed E-state index contributed by atoms with van der Waals surface area (Å²) in [4.78, 5) is 7.04. The fourth-order valence-electron chi connectivity index (χ4n) is 1.61. The average molecular weight is 237 g/mol. The summed E-state index contributed by atoms with van der Waals surface area (Å²) in [7, 11) is 0. The van der Waals surface area contributed by atoms with Crippen LogP contribution in [0.4, 0.5) is 5.82 Å². The van der Waals surface area contributed by atoms with Crippen LogP contribution < -0.4 is 10.6 Å². The molecule has 0 amide bonds. The Morgan fingerprint density at radius 1 is 1.56 bits per heavy atom. The molecular formula is C12H19N3S. The van der Waals surface area contributed by atoms with Crippen molar-refractivity contribution in [3.8, 4) is 0 Å². The first-order valence-electron chi connectivity index (χ1n) is 5.58. The van der Waals surface area contributed by atoms with Gasteiger partial charge in [0.25, 0.3) is 0 Å². The maximum atomic E-state index is 5.62. The molecule has 1 rings (SSSR count). The zero-order valence-electron chi connectivity index (χ0n) is 10.1. The van der Waals surface area contributed by atoms with E-state index in [1.807, 2.05) is 12.1 Å². The number of hydrogen-bond acceptors (Lipinski definition) is 3. The molecule has 0 saturated heterocycles. The van der Waals surface area contributed by atoms with Crippen molar-refractivity contribution in [3.05, 3.63) is 23.9 Å². The molecule has 1 heterocycles. The molecule has 0 fully saturated rings. The monoisotopic (exact) mass is 237 g/mol. The summed E-state index contributed by atoms with van der Waals surface area (Å²) in [5.74, 6) is 0.946. The smallest absolute Gasteiger partial charge is 0.129 e. The first-order chi connectivity index (χ1) is 7.56. The number of aromatic nitrogens is 1. The van der Waals surface area contributed by atoms with Crippen LogP contribution in [0.2, 0.25) is 0 Å². The van der Waals surface area contributed by atoms with Gasteiger partial charge < -0.3 is 10.6 Å². The maximum absolute atomic E-state index is 5.62. The van der Waals surface area contributed by atoms with Crippen molar-refractivity contribution in [2.75, 3.05) is 11.4 Å². The highest BCUT2D eigenvalue weighted by Crippen LogP contribution is 2.16. The number of nitrogens with two attached hydrogens (primary N) is 1. The molecule has 0 bridgehead atoms. The van der Waals surface area contributed by atoms with Gasteiger partial charge in [-0.05, 0) is 32.4 Å². The van der Waals surface area contributed by atoms with E-state index < -0.39 is 0 Å². The molecule has 0 atom stereocenters. The Kier molecular flexibility index (Phi) is 4.68. The highest BCUT2D eigenvalue weighted by molar-refractivity contribution is 7.80. The van der Waals surface area contributed by atoms with Gasteiger partial charge in [-0.3, -0.25) is 0 Å². The molecule has 16 heavy (non-hydrogen) atoms. The van der Waals surface area contributed by atoms with Crippen molar-refractivity contribution < 1.29 is 0 Å². The minimum Gasteiger partial charge on any atom is -0.389 e. The van der Waals surface area contributed by atoms with Crippen molar-refractivity contribution in [3.63, 3.8) is 0 Å². The van der Waals surface area contributed by atoms with E-state index in [1.54, 1.807) is 6.20 Å². The Bertz CT molecular complexity index is 363. The highest BCUT2D eigenvalue weighted by atomic mass is 32.1. The van der Waals surface area contributed by atoms with Crippen molar-refractivity contribution in [1.29, 1.82) is 0 Å². The summed E-state index contributed by atoms with van der Waals surface area (Å²) < 4.78 is 0. The lowest BCUT2D eigenvalue weighted by atomic mass is 10.2. The Morgan fingerprint density at radius 3 is 2.75 bits per heavy atom. The van der Waals surface area contributed by atoms with Crippen LogP contribution in [0.1, 0.15) is 32.8 Å². The van der Waals surface area contributed by atoms with Gasteiger partial charge in [0.05, 0.1) is 0 Å². The topological polar surface area (TPSA) is 42.1 Å². The van der Waals surface area contributed by atoms with E-state index in [0.29, 0.717) is 11.0 Å². The van der Waals surface area contributed by atoms with E-state index in [0.717, 1.165) is 24.3 Å². The van der Waals surface area contributed by atoms with Crippen molar-refractivity contribution >= 4 is 23.0 Å². The number of nitrogens with zero attached hydrogens (tertiary/aromatic N) is 2. The summed E-state index contributed by atoms with van der Waals surface area (Å²) in [6.07, 6.45) is 2.85. The van der Waals surface area contributed by atoms with Gasteiger partial charge in [0.1, 0.15) is 10.8 Å². The Balaban J connectivity index is 3.00. The highest BCUT2D eigenvalue weighted by Gasteiger charge is 2.11. The Morgan fingerprint density at radius 2 is 2.25 bits per heavy atom. The Labute approximate surface area is 103 Å². The van der Waals surface area contributed by atoms with Crippen LogP contribution in [-0.2, 0) is 0 Å². The van der Waals surface area contributed by atoms with Gasteiger partial charge in [-0.15, -0.1) is 0 Å². The molecule has 0 aromatic carbocycles. The normalized spacial score (nSPS) is 10.5. The molecule has 0 aliphatic carbocycles. The van der Waals surface area contributed by atoms with Crippen LogP contribution in [-0.4, -0.2) is 22.6 Å². The number of anilines is 1. The van der Waals surface area contributed by atoms with Gasteiger partial charge in [-0.2, -0.15) is 0 Å². The van der Waals surface area contributed by atoms with Gasteiger partial charge in [-0.25, -0.2) is 4.98 Å². The average Bonchev–Trinajstić information content (AvgIpc) is 2.25. The molecule has 0 radical (unpaired) electrons. The van der Waals surface area contributed by atoms with Crippen molar-refractivity contribution in [2.45, 2.75) is 33.2 Å². The molecule has 1 aromatic heterocycles. The maximum Gasteiger partial charge on any atom is 0.129 e. The fraction of sp³-hybridized carbons (Fsp3) is 0.500. The van der Waals surface area contributed by atoms with Crippen LogP contribution in [0.25, 0.3) is 0 Å². The third-order valence-corrected chi connectivity index (χ3v) is 2.65. The quantitative estimate of drug-likeness (QED) is 0.798. The minimum atomic E-state index is 0.420. The molecule has 88 valence electrons. The molecular weight excluding hydrogens is 218 g/mol. The third-order valence-electron chi connectivity index (χ3n) is 2.41. The summed E-state index contributed by atoms with van der Waals surface area (Å²) >= 11 is 4.97. The van der Waals surface area contributed by atoms with E-state index >= 15 is 0 Å². The van der Waals surface area contributed by atoms with Crippen LogP contribution in [0.5, 0.6) is 0 Å². The standard InChI is InChI=1S/C12H19N3S/c1-4-7-15(9(2)3)11-8-10(12(13)16)5-6-14-11/h5-6,8-9H,4,7H2,1-3H3,(H2,13,16). The Hall–Kier alpha value is -1.16. The number of hydrogen-bond donors (Lipinski definition) is 1. The van der Waals surface area contributed by atoms with Gasteiger partial charge in [-0.1, -0.05) is 19.1 Å². The minimum absolute atomic E-state index is 0.420. The SMILES string of the molecule is CCCN(c1cc(C(N)=S)ccn1)C(C)C. The van der Waals surface area contributed by atoms with Crippen molar-refractivity contribution in [2.24, 2.45) is 5.73 Å². The summed E-state index contributed by atoms with van der Waals surface area (Å²) in [6, 6.07) is 4.22. The number of pyridine rings is 1. The van der Waals surface area contributed by atoms with Crippen LogP contribution in [0, 0.1) is 0 Å². The lowest BCUT2D eigenvalue weighted by Crippen LogP contribution is -2.32. The lowest BCUT2D eigenvalue weighted by molar-refractivity contribution is 0.662. The van der Waals surface area contributed by atoms with Gasteiger partial charge in [0.2, 0.25) is 0 Å². The second kappa shape index (κ2) is 5.80. The van der Waals surface area contributed by atoms with Gasteiger partial charge in [0.15, 0.2) is 0 Å². The van der Waals surface area contributed by atoms with Gasteiger partial charge >= 0.3 is 0 Å². The van der Waals surface area contributed by atoms with E-state index in [4.69, 9.17) is 18.0 Å². The summed E-state index contributed by atoms with van der Waals surface area (Å²) in [5, 5.41) is 0.